The fourth-order valence-electron chi connectivity index (χ4n) is 6.12. The second-order valence-corrected chi connectivity index (χ2v) is 12.5. The van der Waals surface area contributed by atoms with Gasteiger partial charge in [0.15, 0.2) is 6.61 Å². The van der Waals surface area contributed by atoms with Gasteiger partial charge in [-0.15, -0.1) is 0 Å². The molecule has 1 aliphatic heterocycles. The first-order valence-electron chi connectivity index (χ1n) is 16.2. The van der Waals surface area contributed by atoms with E-state index >= 15 is 0 Å². The molecule has 0 aliphatic carbocycles. The second-order valence-electron chi connectivity index (χ2n) is 12.5. The third kappa shape index (κ3) is 9.81. The fraction of sp³-hybridized carbons (Fsp3) is 0.432. The van der Waals surface area contributed by atoms with Crippen LogP contribution < -0.4 is 20.7 Å². The first-order valence-corrected chi connectivity index (χ1v) is 16.2. The molecule has 3 aromatic carbocycles. The fourth-order valence-corrected chi connectivity index (χ4v) is 6.12. The predicted molar refractivity (Wildman–Crippen MR) is 180 cm³/mol. The van der Waals surface area contributed by atoms with E-state index in [-0.39, 0.29) is 36.8 Å². The molecule has 9 nitrogen and oxygen atoms in total. The smallest absolute Gasteiger partial charge is 0.318 e. The number of rotatable bonds is 15. The Hall–Kier alpha value is -4.37. The highest BCUT2D eigenvalue weighted by Gasteiger charge is 2.35. The van der Waals surface area contributed by atoms with Crippen LogP contribution in [0.5, 0.6) is 5.75 Å². The Bertz CT molecular complexity index is 1410. The summed E-state index contributed by atoms with van der Waals surface area (Å²) in [7, 11) is 0. The minimum Gasteiger partial charge on any atom is -0.483 e. The van der Waals surface area contributed by atoms with Crippen LogP contribution >= 0.6 is 0 Å². The normalized spacial score (nSPS) is 15.8. The summed E-state index contributed by atoms with van der Waals surface area (Å²) < 4.78 is 5.90. The van der Waals surface area contributed by atoms with Gasteiger partial charge in [-0.1, -0.05) is 92.7 Å². The van der Waals surface area contributed by atoms with E-state index in [0.717, 1.165) is 28.7 Å². The summed E-state index contributed by atoms with van der Waals surface area (Å²) in [6.07, 6.45) is 0.831. The molecule has 4 amide bonds. The van der Waals surface area contributed by atoms with Gasteiger partial charge in [-0.05, 0) is 67.7 Å². The molecule has 4 atom stereocenters. The molecule has 0 spiro atoms. The van der Waals surface area contributed by atoms with E-state index in [1.54, 1.807) is 4.90 Å². The van der Waals surface area contributed by atoms with Crippen LogP contribution in [0, 0.1) is 19.8 Å². The molecule has 0 bridgehead atoms. The van der Waals surface area contributed by atoms with Crippen molar-refractivity contribution in [3.63, 3.8) is 0 Å². The maximum Gasteiger partial charge on any atom is 0.318 e. The molecule has 0 radical (unpaired) electrons. The van der Waals surface area contributed by atoms with Gasteiger partial charge in [0.2, 0.25) is 5.91 Å². The summed E-state index contributed by atoms with van der Waals surface area (Å²) in [6.45, 7) is 8.63. The monoisotopic (exact) mass is 628 g/mol. The number of urea groups is 1. The molecule has 1 fully saturated rings. The summed E-state index contributed by atoms with van der Waals surface area (Å²) in [5, 5.41) is 20.7. The molecule has 0 aromatic heterocycles. The molecule has 3 aromatic rings. The first-order chi connectivity index (χ1) is 22.1. The average molecular weight is 629 g/mol. The highest BCUT2D eigenvalue weighted by molar-refractivity contribution is 5.87. The molecule has 1 saturated heterocycles. The summed E-state index contributed by atoms with van der Waals surface area (Å²) in [5.41, 5.74) is 3.84. The number of hydrogen-bond acceptors (Lipinski definition) is 5. The number of ether oxygens (including phenoxy) is 1. The minimum absolute atomic E-state index is 0.117. The van der Waals surface area contributed by atoms with Gasteiger partial charge in [0, 0.05) is 19.1 Å². The van der Waals surface area contributed by atoms with Crippen molar-refractivity contribution >= 4 is 17.8 Å². The predicted octanol–water partition coefficient (Wildman–Crippen LogP) is 4.33. The Kier molecular flexibility index (Phi) is 12.6. The lowest BCUT2D eigenvalue weighted by molar-refractivity contribution is -0.128. The number of aliphatic hydroxyl groups excluding tert-OH is 1. The van der Waals surface area contributed by atoms with Gasteiger partial charge in [-0.3, -0.25) is 9.59 Å². The maximum absolute atomic E-state index is 13.8. The zero-order chi connectivity index (χ0) is 33.1. The third-order valence-electron chi connectivity index (χ3n) is 8.41. The molecule has 0 saturated carbocycles. The van der Waals surface area contributed by atoms with Crippen LogP contribution in [-0.4, -0.2) is 71.8 Å². The van der Waals surface area contributed by atoms with E-state index < -0.39 is 24.2 Å². The standard InChI is InChI=1S/C37H48N4O5/c1-25(2)34(41-20-12-19-38-37(41)45)36(44)39-30(21-28-15-7-5-8-16-28)23-32(42)31(22-29-17-9-6-10-18-29)40-33(43)24-46-35-26(3)13-11-14-27(35)4/h5-11,13-18,25,30-32,34,42H,12,19-24H2,1-4H3,(H,38,45)(H,39,44)(H,40,43)/t30-,31-,32?,34?/m0/s1. The number of hydrogen-bond donors (Lipinski definition) is 4. The second kappa shape index (κ2) is 16.8. The van der Waals surface area contributed by atoms with Crippen molar-refractivity contribution in [2.75, 3.05) is 19.7 Å². The number of benzene rings is 3. The molecular formula is C37H48N4O5. The number of para-hydroxylation sites is 1. The highest BCUT2D eigenvalue weighted by Crippen LogP contribution is 2.22. The minimum atomic E-state index is -0.992. The number of nitrogens with zero attached hydrogens (tertiary/aromatic N) is 1. The SMILES string of the molecule is Cc1cccc(C)c1OCC(=O)N[C@@H](Cc1ccccc1)C(O)C[C@H](Cc1ccccc1)NC(=O)C(C(C)C)N1CCCNC1=O. The molecule has 46 heavy (non-hydrogen) atoms. The van der Waals surface area contributed by atoms with Gasteiger partial charge < -0.3 is 30.7 Å². The summed E-state index contributed by atoms with van der Waals surface area (Å²) in [4.78, 5) is 41.3. The van der Waals surface area contributed by atoms with Crippen LogP contribution in [0.25, 0.3) is 0 Å². The molecule has 4 rings (SSSR count). The quantitative estimate of drug-likeness (QED) is 0.200. The lowest BCUT2D eigenvalue weighted by Crippen LogP contribution is -2.59. The largest absolute Gasteiger partial charge is 0.483 e. The molecular weight excluding hydrogens is 580 g/mol. The Morgan fingerprint density at radius 1 is 0.891 bits per heavy atom. The third-order valence-corrected chi connectivity index (χ3v) is 8.41. The van der Waals surface area contributed by atoms with E-state index in [4.69, 9.17) is 4.74 Å². The van der Waals surface area contributed by atoms with Crippen LogP contribution in [0.1, 0.15) is 48.9 Å². The lowest BCUT2D eigenvalue weighted by Gasteiger charge is -2.37. The topological polar surface area (TPSA) is 120 Å². The number of nitrogens with one attached hydrogen (secondary N) is 3. The maximum atomic E-state index is 13.8. The van der Waals surface area contributed by atoms with Gasteiger partial charge in [0.25, 0.3) is 5.91 Å². The molecule has 246 valence electrons. The molecule has 9 heteroatoms. The van der Waals surface area contributed by atoms with Crippen molar-refractivity contribution in [2.24, 2.45) is 5.92 Å². The van der Waals surface area contributed by atoms with E-state index in [0.29, 0.717) is 31.7 Å². The Morgan fingerprint density at radius 2 is 1.50 bits per heavy atom. The van der Waals surface area contributed by atoms with E-state index in [1.807, 2.05) is 107 Å². The van der Waals surface area contributed by atoms with Crippen LogP contribution in [-0.2, 0) is 22.4 Å². The van der Waals surface area contributed by atoms with Crippen LogP contribution in [0.4, 0.5) is 4.79 Å². The zero-order valence-corrected chi connectivity index (χ0v) is 27.4. The van der Waals surface area contributed by atoms with Gasteiger partial charge in [-0.2, -0.15) is 0 Å². The summed E-state index contributed by atoms with van der Waals surface area (Å²) in [5.74, 6) is -0.0493. The van der Waals surface area contributed by atoms with Gasteiger partial charge in [0.1, 0.15) is 11.8 Å². The highest BCUT2D eigenvalue weighted by atomic mass is 16.5. The number of aliphatic hydroxyl groups is 1. The lowest BCUT2D eigenvalue weighted by atomic mass is 9.92. The van der Waals surface area contributed by atoms with Crippen LogP contribution in [0.2, 0.25) is 0 Å². The van der Waals surface area contributed by atoms with Crippen molar-refractivity contribution in [3.8, 4) is 5.75 Å². The van der Waals surface area contributed by atoms with Crippen LogP contribution in [0.3, 0.4) is 0 Å². The van der Waals surface area contributed by atoms with E-state index in [9.17, 15) is 19.5 Å². The van der Waals surface area contributed by atoms with E-state index in [1.165, 1.54) is 0 Å². The summed E-state index contributed by atoms with van der Waals surface area (Å²) in [6, 6.07) is 23.3. The average Bonchev–Trinajstić information content (AvgIpc) is 3.02. The van der Waals surface area contributed by atoms with Crippen molar-refractivity contribution in [3.05, 3.63) is 101 Å². The summed E-state index contributed by atoms with van der Waals surface area (Å²) >= 11 is 0. The number of amides is 4. The number of carbonyl (C=O) groups is 3. The van der Waals surface area contributed by atoms with Crippen molar-refractivity contribution in [2.45, 2.75) is 77.6 Å². The molecule has 2 unspecified atom stereocenters. The zero-order valence-electron chi connectivity index (χ0n) is 27.4. The number of aryl methyl sites for hydroxylation is 2. The molecule has 1 aliphatic rings. The Balaban J connectivity index is 1.52. The first kappa shape index (κ1) is 34.5. The van der Waals surface area contributed by atoms with Crippen LogP contribution in [0.15, 0.2) is 78.9 Å². The Labute approximate surface area is 272 Å². The van der Waals surface area contributed by atoms with E-state index in [2.05, 4.69) is 16.0 Å². The molecule has 4 N–H and O–H groups in total. The van der Waals surface area contributed by atoms with Gasteiger partial charge in [-0.25, -0.2) is 4.79 Å². The number of carbonyl (C=O) groups excluding carboxylic acids is 3. The Morgan fingerprint density at radius 3 is 2.09 bits per heavy atom. The van der Waals surface area contributed by atoms with Crippen molar-refractivity contribution in [1.82, 2.24) is 20.9 Å². The van der Waals surface area contributed by atoms with Gasteiger partial charge >= 0.3 is 6.03 Å². The molecule has 1 heterocycles. The van der Waals surface area contributed by atoms with Crippen molar-refractivity contribution < 1.29 is 24.2 Å². The van der Waals surface area contributed by atoms with Crippen molar-refractivity contribution in [1.29, 1.82) is 0 Å². The van der Waals surface area contributed by atoms with Gasteiger partial charge in [0.05, 0.1) is 12.1 Å².